The van der Waals surface area contributed by atoms with E-state index >= 15 is 0 Å². The Morgan fingerprint density at radius 3 is 2.37 bits per heavy atom. The SMILES string of the molecule is Cc1ccc(-c2cn3nc(-c4ccc(N)cc4)ccc3n2)cc1NC(=O)C(C)(C)C. The van der Waals surface area contributed by atoms with Crippen LogP contribution in [0.15, 0.2) is 60.8 Å². The average molecular weight is 399 g/mol. The van der Waals surface area contributed by atoms with E-state index in [1.54, 1.807) is 4.52 Å². The summed E-state index contributed by atoms with van der Waals surface area (Å²) in [4.78, 5) is 17.1. The van der Waals surface area contributed by atoms with Crippen LogP contribution in [0.3, 0.4) is 0 Å². The maximum absolute atomic E-state index is 12.4. The molecule has 0 bridgehead atoms. The number of hydrogen-bond acceptors (Lipinski definition) is 4. The van der Waals surface area contributed by atoms with E-state index in [9.17, 15) is 4.79 Å². The molecule has 0 atom stereocenters. The molecule has 1 amide bonds. The first-order chi connectivity index (χ1) is 14.2. The molecule has 0 saturated carbocycles. The fraction of sp³-hybridized carbons (Fsp3) is 0.208. The standard InChI is InChI=1S/C24H25N5O/c1-15-5-6-17(13-20(15)27-23(30)24(2,3)4)21-14-29-22(26-21)12-11-19(28-29)16-7-9-18(25)10-8-16/h5-14H,25H2,1-4H3,(H,27,30). The maximum Gasteiger partial charge on any atom is 0.229 e. The van der Waals surface area contributed by atoms with Crippen molar-refractivity contribution in [3.63, 3.8) is 0 Å². The van der Waals surface area contributed by atoms with Crippen LogP contribution in [0.1, 0.15) is 26.3 Å². The highest BCUT2D eigenvalue weighted by atomic mass is 16.2. The van der Waals surface area contributed by atoms with Crippen LogP contribution in [0.25, 0.3) is 28.2 Å². The van der Waals surface area contributed by atoms with Gasteiger partial charge in [-0.3, -0.25) is 4.79 Å². The quantitative estimate of drug-likeness (QED) is 0.478. The number of nitrogens with zero attached hydrogens (tertiary/aromatic N) is 3. The van der Waals surface area contributed by atoms with Crippen molar-refractivity contribution in [3.8, 4) is 22.5 Å². The maximum atomic E-state index is 12.4. The number of hydrogen-bond donors (Lipinski definition) is 2. The predicted molar refractivity (Wildman–Crippen MR) is 121 cm³/mol. The normalized spacial score (nSPS) is 11.6. The zero-order valence-electron chi connectivity index (χ0n) is 17.6. The summed E-state index contributed by atoms with van der Waals surface area (Å²) in [6.45, 7) is 7.67. The first-order valence-corrected chi connectivity index (χ1v) is 9.85. The van der Waals surface area contributed by atoms with E-state index in [1.807, 2.05) is 88.5 Å². The minimum Gasteiger partial charge on any atom is -0.399 e. The highest BCUT2D eigenvalue weighted by molar-refractivity contribution is 5.95. The van der Waals surface area contributed by atoms with Crippen LogP contribution in [0, 0.1) is 12.3 Å². The van der Waals surface area contributed by atoms with Crippen LogP contribution in [0.5, 0.6) is 0 Å². The van der Waals surface area contributed by atoms with Gasteiger partial charge in [0.05, 0.1) is 17.6 Å². The second-order valence-electron chi connectivity index (χ2n) is 8.50. The third-order valence-electron chi connectivity index (χ3n) is 4.99. The van der Waals surface area contributed by atoms with Crippen molar-refractivity contribution in [2.75, 3.05) is 11.1 Å². The number of carbonyl (C=O) groups excluding carboxylic acids is 1. The number of nitrogens with one attached hydrogen (secondary N) is 1. The van der Waals surface area contributed by atoms with Crippen LogP contribution < -0.4 is 11.1 Å². The van der Waals surface area contributed by atoms with Crippen LogP contribution in [0.2, 0.25) is 0 Å². The Kier molecular flexibility index (Phi) is 4.78. The Morgan fingerprint density at radius 1 is 0.967 bits per heavy atom. The summed E-state index contributed by atoms with van der Waals surface area (Å²) in [5.41, 5.74) is 12.1. The Hall–Kier alpha value is -3.67. The van der Waals surface area contributed by atoms with E-state index in [2.05, 4.69) is 10.4 Å². The number of aryl methyl sites for hydroxylation is 1. The lowest BCUT2D eigenvalue weighted by Gasteiger charge is -2.19. The number of amides is 1. The molecule has 0 aliphatic carbocycles. The van der Waals surface area contributed by atoms with Gasteiger partial charge >= 0.3 is 0 Å². The van der Waals surface area contributed by atoms with Gasteiger partial charge in [0.1, 0.15) is 0 Å². The van der Waals surface area contributed by atoms with Gasteiger partial charge in [-0.2, -0.15) is 5.10 Å². The fourth-order valence-corrected chi connectivity index (χ4v) is 3.05. The summed E-state index contributed by atoms with van der Waals surface area (Å²) >= 11 is 0. The number of nitrogen functional groups attached to an aromatic ring is 1. The largest absolute Gasteiger partial charge is 0.399 e. The van der Waals surface area contributed by atoms with E-state index in [4.69, 9.17) is 10.7 Å². The molecule has 6 nitrogen and oxygen atoms in total. The molecule has 2 heterocycles. The Morgan fingerprint density at radius 2 is 1.67 bits per heavy atom. The van der Waals surface area contributed by atoms with Gasteiger partial charge < -0.3 is 11.1 Å². The van der Waals surface area contributed by atoms with Gasteiger partial charge in [0, 0.05) is 27.9 Å². The fourth-order valence-electron chi connectivity index (χ4n) is 3.05. The molecule has 3 N–H and O–H groups in total. The summed E-state index contributed by atoms with van der Waals surface area (Å²) in [5, 5.41) is 7.72. The summed E-state index contributed by atoms with van der Waals surface area (Å²) in [5.74, 6) is -0.0208. The predicted octanol–water partition coefficient (Wildman–Crippen LogP) is 4.94. The van der Waals surface area contributed by atoms with Crippen molar-refractivity contribution < 1.29 is 4.79 Å². The Bertz CT molecular complexity index is 1230. The number of carbonyl (C=O) groups is 1. The molecular weight excluding hydrogens is 374 g/mol. The van der Waals surface area contributed by atoms with E-state index in [0.29, 0.717) is 0 Å². The van der Waals surface area contributed by atoms with Gasteiger partial charge in [0.25, 0.3) is 0 Å². The number of nitrogens with two attached hydrogens (primary N) is 1. The zero-order chi connectivity index (χ0) is 21.5. The lowest BCUT2D eigenvalue weighted by molar-refractivity contribution is -0.123. The van der Waals surface area contributed by atoms with Gasteiger partial charge in [0.2, 0.25) is 5.91 Å². The molecule has 2 aromatic heterocycles. The van der Waals surface area contributed by atoms with Gasteiger partial charge in [0.15, 0.2) is 5.65 Å². The molecule has 0 unspecified atom stereocenters. The minimum atomic E-state index is -0.464. The number of fused-ring (bicyclic) bond motifs is 1. The minimum absolute atomic E-state index is 0.0208. The summed E-state index contributed by atoms with van der Waals surface area (Å²) < 4.78 is 1.77. The molecule has 0 fully saturated rings. The van der Waals surface area contributed by atoms with Crippen molar-refractivity contribution in [3.05, 3.63) is 66.4 Å². The van der Waals surface area contributed by atoms with Crippen molar-refractivity contribution in [2.45, 2.75) is 27.7 Å². The molecule has 4 aromatic rings. The van der Waals surface area contributed by atoms with Crippen molar-refractivity contribution >= 4 is 22.9 Å². The van der Waals surface area contributed by atoms with Crippen LogP contribution in [0.4, 0.5) is 11.4 Å². The molecule has 0 spiro atoms. The molecule has 152 valence electrons. The average Bonchev–Trinajstić information content (AvgIpc) is 3.12. The first-order valence-electron chi connectivity index (χ1n) is 9.85. The third kappa shape index (κ3) is 3.89. The number of imidazole rings is 1. The lowest BCUT2D eigenvalue weighted by atomic mass is 9.95. The second kappa shape index (κ2) is 7.30. The highest BCUT2D eigenvalue weighted by Crippen LogP contribution is 2.27. The van der Waals surface area contributed by atoms with E-state index in [1.165, 1.54) is 0 Å². The van der Waals surface area contributed by atoms with Gasteiger partial charge in [-0.25, -0.2) is 9.50 Å². The molecule has 0 saturated heterocycles. The Labute approximate surface area is 175 Å². The highest BCUT2D eigenvalue weighted by Gasteiger charge is 2.22. The monoisotopic (exact) mass is 399 g/mol. The second-order valence-corrected chi connectivity index (χ2v) is 8.50. The molecule has 2 aromatic carbocycles. The van der Waals surface area contributed by atoms with Crippen molar-refractivity contribution in [1.29, 1.82) is 0 Å². The summed E-state index contributed by atoms with van der Waals surface area (Å²) in [7, 11) is 0. The molecule has 0 aliphatic rings. The smallest absolute Gasteiger partial charge is 0.229 e. The van der Waals surface area contributed by atoms with E-state index < -0.39 is 5.41 Å². The molecule has 6 heteroatoms. The van der Waals surface area contributed by atoms with Crippen molar-refractivity contribution in [1.82, 2.24) is 14.6 Å². The molecule has 30 heavy (non-hydrogen) atoms. The molecular formula is C24H25N5O. The molecule has 0 radical (unpaired) electrons. The van der Waals surface area contributed by atoms with Crippen LogP contribution in [-0.2, 0) is 4.79 Å². The van der Waals surface area contributed by atoms with Gasteiger partial charge in [-0.1, -0.05) is 45.0 Å². The van der Waals surface area contributed by atoms with Gasteiger partial charge in [-0.05, 0) is 42.8 Å². The third-order valence-corrected chi connectivity index (χ3v) is 4.99. The number of aromatic nitrogens is 3. The summed E-state index contributed by atoms with van der Waals surface area (Å²) in [6, 6.07) is 17.5. The number of benzene rings is 2. The first kappa shape index (κ1) is 19.6. The topological polar surface area (TPSA) is 85.3 Å². The van der Waals surface area contributed by atoms with E-state index in [-0.39, 0.29) is 5.91 Å². The lowest BCUT2D eigenvalue weighted by Crippen LogP contribution is -2.27. The van der Waals surface area contributed by atoms with Crippen LogP contribution in [-0.4, -0.2) is 20.5 Å². The van der Waals surface area contributed by atoms with Crippen LogP contribution >= 0.6 is 0 Å². The molecule has 4 rings (SSSR count). The number of rotatable bonds is 3. The zero-order valence-corrected chi connectivity index (χ0v) is 17.6. The summed E-state index contributed by atoms with van der Waals surface area (Å²) in [6.07, 6.45) is 1.90. The Balaban J connectivity index is 1.68. The molecule has 0 aliphatic heterocycles. The van der Waals surface area contributed by atoms with Crippen molar-refractivity contribution in [2.24, 2.45) is 5.41 Å². The van der Waals surface area contributed by atoms with E-state index in [0.717, 1.165) is 45.1 Å². The van der Waals surface area contributed by atoms with Gasteiger partial charge in [-0.15, -0.1) is 0 Å². The number of anilines is 2.